The zero-order chi connectivity index (χ0) is 13.3. The molecule has 0 aromatic heterocycles. The summed E-state index contributed by atoms with van der Waals surface area (Å²) in [5.74, 6) is -2.37. The number of imide groups is 2. The minimum absolute atomic E-state index is 0.0459. The summed E-state index contributed by atoms with van der Waals surface area (Å²) in [4.78, 5) is 45.2. The molecule has 8 heteroatoms. The summed E-state index contributed by atoms with van der Waals surface area (Å²) < 4.78 is 9.94. The van der Waals surface area contributed by atoms with Crippen LogP contribution in [-0.4, -0.2) is 35.7 Å². The molecule has 0 aromatic rings. The van der Waals surface area contributed by atoms with Crippen molar-refractivity contribution in [3.8, 4) is 0 Å². The number of hydrogen-bond acceptors (Lipinski definition) is 6. The number of barbiturate groups is 1. The summed E-state index contributed by atoms with van der Waals surface area (Å²) in [5, 5.41) is 3.87. The fourth-order valence-electron chi connectivity index (χ4n) is 1.69. The van der Waals surface area contributed by atoms with Crippen LogP contribution in [0, 0.1) is 0 Å². The molecule has 1 fully saturated rings. The average Bonchev–Trinajstić information content (AvgIpc) is 2.26. The van der Waals surface area contributed by atoms with Gasteiger partial charge < -0.3 is 9.47 Å². The van der Waals surface area contributed by atoms with Gasteiger partial charge in [-0.3, -0.25) is 25.0 Å². The van der Waals surface area contributed by atoms with Crippen molar-refractivity contribution in [2.45, 2.75) is 25.2 Å². The predicted molar refractivity (Wildman–Crippen MR) is 54.8 cm³/mol. The number of hydrogen-bond donors (Lipinski definition) is 2. The van der Waals surface area contributed by atoms with Crippen LogP contribution >= 0.6 is 0 Å². The van der Waals surface area contributed by atoms with Crippen molar-refractivity contribution >= 4 is 23.8 Å². The fraction of sp³-hybridized carbons (Fsp3) is 0.400. The molecule has 0 saturated carbocycles. The Bertz CT molecular complexity index is 449. The van der Waals surface area contributed by atoms with Gasteiger partial charge in [-0.15, -0.1) is 0 Å². The highest BCUT2D eigenvalue weighted by Gasteiger charge is 2.53. The fourth-order valence-corrected chi connectivity index (χ4v) is 1.69. The molecule has 2 heterocycles. The molecule has 18 heavy (non-hydrogen) atoms. The Morgan fingerprint density at radius 1 is 1.39 bits per heavy atom. The third kappa shape index (κ3) is 1.97. The first-order valence-corrected chi connectivity index (χ1v) is 5.12. The Morgan fingerprint density at radius 3 is 2.56 bits per heavy atom. The molecule has 8 nitrogen and oxygen atoms in total. The molecule has 2 aliphatic heterocycles. The second kappa shape index (κ2) is 4.22. The number of nitrogens with one attached hydrogen (secondary N) is 2. The van der Waals surface area contributed by atoms with E-state index in [1.54, 1.807) is 0 Å². The van der Waals surface area contributed by atoms with Gasteiger partial charge in [-0.05, 0) is 6.08 Å². The molecule has 2 rings (SSSR count). The van der Waals surface area contributed by atoms with Gasteiger partial charge >= 0.3 is 12.0 Å². The van der Waals surface area contributed by atoms with Crippen LogP contribution in [0.5, 0.6) is 0 Å². The van der Waals surface area contributed by atoms with E-state index >= 15 is 0 Å². The summed E-state index contributed by atoms with van der Waals surface area (Å²) in [6.45, 7) is 1.17. The maximum absolute atomic E-state index is 11.7. The number of ether oxygens (including phenoxy) is 2. The molecular formula is C10H10N2O6. The van der Waals surface area contributed by atoms with E-state index in [2.05, 4.69) is 0 Å². The van der Waals surface area contributed by atoms with Crippen LogP contribution in [0.1, 0.15) is 13.3 Å². The molecule has 1 atom stereocenters. The van der Waals surface area contributed by atoms with Gasteiger partial charge in [-0.1, -0.05) is 6.08 Å². The van der Waals surface area contributed by atoms with Crippen molar-refractivity contribution in [2.75, 3.05) is 0 Å². The number of carbonyl (C=O) groups is 4. The monoisotopic (exact) mass is 254 g/mol. The Labute approximate surface area is 101 Å². The van der Waals surface area contributed by atoms with E-state index in [9.17, 15) is 19.2 Å². The van der Waals surface area contributed by atoms with Crippen LogP contribution in [0.2, 0.25) is 0 Å². The highest BCUT2D eigenvalue weighted by molar-refractivity contribution is 6.21. The van der Waals surface area contributed by atoms with E-state index in [-0.39, 0.29) is 6.42 Å². The van der Waals surface area contributed by atoms with E-state index < -0.39 is 35.7 Å². The topological polar surface area (TPSA) is 111 Å². The zero-order valence-corrected chi connectivity index (χ0v) is 9.39. The average molecular weight is 254 g/mol. The summed E-state index contributed by atoms with van der Waals surface area (Å²) in [5.41, 5.74) is -1.87. The number of carbonyl (C=O) groups excluding carboxylic acids is 4. The number of rotatable bonds is 1. The van der Waals surface area contributed by atoms with Gasteiger partial charge in [0.05, 0.1) is 0 Å². The number of amides is 4. The first-order valence-electron chi connectivity index (χ1n) is 5.12. The lowest BCUT2D eigenvalue weighted by Gasteiger charge is -2.36. The highest BCUT2D eigenvalue weighted by atomic mass is 16.7. The second-order valence-electron chi connectivity index (χ2n) is 3.79. The lowest BCUT2D eigenvalue weighted by atomic mass is 9.93. The van der Waals surface area contributed by atoms with Gasteiger partial charge in [-0.2, -0.15) is 0 Å². The Hall–Kier alpha value is -2.22. The van der Waals surface area contributed by atoms with Crippen molar-refractivity contribution in [3.05, 3.63) is 12.2 Å². The molecule has 96 valence electrons. The summed E-state index contributed by atoms with van der Waals surface area (Å²) in [6.07, 6.45) is 1.70. The van der Waals surface area contributed by atoms with Crippen molar-refractivity contribution in [1.82, 2.24) is 10.6 Å². The molecule has 0 aromatic carbocycles. The van der Waals surface area contributed by atoms with E-state index in [4.69, 9.17) is 9.47 Å². The maximum atomic E-state index is 11.7. The number of esters is 1. The van der Waals surface area contributed by atoms with Gasteiger partial charge in [0.2, 0.25) is 11.9 Å². The van der Waals surface area contributed by atoms with E-state index in [1.165, 1.54) is 19.1 Å². The van der Waals surface area contributed by atoms with Crippen LogP contribution in [0.25, 0.3) is 0 Å². The molecule has 1 saturated heterocycles. The Kier molecular flexibility index (Phi) is 2.87. The molecule has 0 radical (unpaired) electrons. The molecule has 0 bridgehead atoms. The molecular weight excluding hydrogens is 244 g/mol. The van der Waals surface area contributed by atoms with Gasteiger partial charge in [0.15, 0.2) is 0 Å². The Balaban J connectivity index is 2.23. The van der Waals surface area contributed by atoms with Gasteiger partial charge in [0.25, 0.3) is 11.8 Å². The van der Waals surface area contributed by atoms with Crippen molar-refractivity contribution < 1.29 is 28.7 Å². The molecule has 0 aliphatic carbocycles. The standard InChI is InChI=1S/C10H10N2O6/c1-5(13)17-6-3-2-4-10(18-6)7(14)11-9(16)12-8(10)15/h2-3,6H,4H2,1H3,(H2,11,12,14,15,16)/t6-/m0/s1. The van der Waals surface area contributed by atoms with Crippen LogP contribution in [0.4, 0.5) is 4.79 Å². The highest BCUT2D eigenvalue weighted by Crippen LogP contribution is 2.27. The van der Waals surface area contributed by atoms with Crippen molar-refractivity contribution in [3.63, 3.8) is 0 Å². The zero-order valence-electron chi connectivity index (χ0n) is 9.39. The number of urea groups is 1. The third-order valence-electron chi connectivity index (χ3n) is 2.49. The molecule has 2 N–H and O–H groups in total. The van der Waals surface area contributed by atoms with Gasteiger partial charge in [-0.25, -0.2) is 4.79 Å². The molecule has 0 unspecified atom stereocenters. The smallest absolute Gasteiger partial charge is 0.328 e. The second-order valence-corrected chi connectivity index (χ2v) is 3.79. The van der Waals surface area contributed by atoms with Crippen LogP contribution in [0.15, 0.2) is 12.2 Å². The Morgan fingerprint density at radius 2 is 2.00 bits per heavy atom. The summed E-state index contributed by atoms with van der Waals surface area (Å²) in [7, 11) is 0. The van der Waals surface area contributed by atoms with E-state index in [0.29, 0.717) is 0 Å². The first-order chi connectivity index (χ1) is 8.44. The van der Waals surface area contributed by atoms with Crippen molar-refractivity contribution in [2.24, 2.45) is 0 Å². The third-order valence-corrected chi connectivity index (χ3v) is 2.49. The lowest BCUT2D eigenvalue weighted by Crippen LogP contribution is -2.68. The SMILES string of the molecule is CC(=O)O[C@@H]1C=CCC2(O1)C(=O)NC(=O)NC2=O. The maximum Gasteiger partial charge on any atom is 0.328 e. The summed E-state index contributed by atoms with van der Waals surface area (Å²) >= 11 is 0. The largest absolute Gasteiger partial charge is 0.432 e. The molecule has 1 spiro atoms. The molecule has 4 amide bonds. The van der Waals surface area contributed by atoms with Crippen molar-refractivity contribution in [1.29, 1.82) is 0 Å². The minimum atomic E-state index is -1.87. The van der Waals surface area contributed by atoms with Gasteiger partial charge in [0.1, 0.15) is 0 Å². The minimum Gasteiger partial charge on any atom is -0.432 e. The van der Waals surface area contributed by atoms with Gasteiger partial charge in [0, 0.05) is 13.3 Å². The van der Waals surface area contributed by atoms with Crippen LogP contribution in [-0.2, 0) is 23.9 Å². The summed E-state index contributed by atoms with van der Waals surface area (Å²) in [6, 6.07) is -0.905. The van der Waals surface area contributed by atoms with Crippen LogP contribution < -0.4 is 10.6 Å². The quantitative estimate of drug-likeness (QED) is 0.351. The van der Waals surface area contributed by atoms with Crippen LogP contribution in [0.3, 0.4) is 0 Å². The predicted octanol–water partition coefficient (Wildman–Crippen LogP) is -1.04. The normalized spacial score (nSPS) is 25.6. The molecule has 2 aliphatic rings. The van der Waals surface area contributed by atoms with E-state index in [0.717, 1.165) is 0 Å². The lowest BCUT2D eigenvalue weighted by molar-refractivity contribution is -0.205. The van der Waals surface area contributed by atoms with E-state index in [1.807, 2.05) is 10.6 Å². The first kappa shape index (κ1) is 12.2.